The van der Waals surface area contributed by atoms with E-state index in [4.69, 9.17) is 23.2 Å². The van der Waals surface area contributed by atoms with Crippen molar-refractivity contribution >= 4 is 34.8 Å². The molecule has 0 aliphatic rings. The number of aryl methyl sites for hydroxylation is 1. The smallest absolute Gasteiger partial charge is 0.261 e. The van der Waals surface area contributed by atoms with Gasteiger partial charge in [0.05, 0.1) is 15.7 Å². The first kappa shape index (κ1) is 13.6. The molecule has 0 aliphatic heterocycles. The number of H-pyrrole nitrogens is 1. The van der Waals surface area contributed by atoms with Crippen LogP contribution in [0.25, 0.3) is 0 Å². The zero-order valence-electron chi connectivity index (χ0n) is 9.96. The number of hydrogen-bond acceptors (Lipinski definition) is 2. The number of hydrogen-bond donors (Lipinski definition) is 2. The summed E-state index contributed by atoms with van der Waals surface area (Å²) in [5.41, 5.74) is 0.446. The lowest BCUT2D eigenvalue weighted by atomic mass is 10.1. The molecule has 1 heterocycles. The summed E-state index contributed by atoms with van der Waals surface area (Å²) in [7, 11) is 0. The highest BCUT2D eigenvalue weighted by Crippen LogP contribution is 2.30. The van der Waals surface area contributed by atoms with E-state index in [0.717, 1.165) is 0 Å². The quantitative estimate of drug-likeness (QED) is 0.894. The Hall–Kier alpha value is -1.78. The van der Waals surface area contributed by atoms with Gasteiger partial charge in [-0.2, -0.15) is 0 Å². The summed E-state index contributed by atoms with van der Waals surface area (Å²) >= 11 is 11.9. The first-order chi connectivity index (χ1) is 9.00. The topological polar surface area (TPSA) is 62.0 Å². The molecule has 0 spiro atoms. The summed E-state index contributed by atoms with van der Waals surface area (Å²) in [6, 6.07) is 6.52. The van der Waals surface area contributed by atoms with E-state index in [1.54, 1.807) is 31.2 Å². The molecule has 4 nitrogen and oxygen atoms in total. The Labute approximate surface area is 119 Å². The third-order valence-electron chi connectivity index (χ3n) is 2.60. The van der Waals surface area contributed by atoms with Crippen molar-refractivity contribution in [3.63, 3.8) is 0 Å². The number of pyridine rings is 1. The van der Waals surface area contributed by atoms with Crippen LogP contribution in [0.3, 0.4) is 0 Å². The van der Waals surface area contributed by atoms with Crippen molar-refractivity contribution in [2.45, 2.75) is 6.92 Å². The highest BCUT2D eigenvalue weighted by atomic mass is 35.5. The molecule has 6 heteroatoms. The predicted molar refractivity (Wildman–Crippen MR) is 76.2 cm³/mol. The Morgan fingerprint density at radius 2 is 1.84 bits per heavy atom. The second-order valence-corrected chi connectivity index (χ2v) is 4.73. The lowest BCUT2D eigenvalue weighted by molar-refractivity contribution is 0.102. The molecule has 0 bridgehead atoms. The second kappa shape index (κ2) is 5.47. The SMILES string of the molecule is Cc1cc[nH]c(=O)c1C(=O)Nc1c(Cl)cccc1Cl. The van der Waals surface area contributed by atoms with E-state index in [2.05, 4.69) is 10.3 Å². The summed E-state index contributed by atoms with van der Waals surface area (Å²) in [4.78, 5) is 26.2. The van der Waals surface area contributed by atoms with Crippen LogP contribution in [-0.2, 0) is 0 Å². The predicted octanol–water partition coefficient (Wildman–Crippen LogP) is 3.24. The molecule has 2 aromatic rings. The fraction of sp³-hybridized carbons (Fsp3) is 0.0769. The van der Waals surface area contributed by atoms with Crippen molar-refractivity contribution in [2.75, 3.05) is 5.32 Å². The molecule has 1 amide bonds. The van der Waals surface area contributed by atoms with Crippen LogP contribution >= 0.6 is 23.2 Å². The number of anilines is 1. The molecule has 1 aromatic carbocycles. The maximum atomic E-state index is 12.1. The van der Waals surface area contributed by atoms with Gasteiger partial charge in [-0.05, 0) is 30.7 Å². The Balaban J connectivity index is 2.40. The van der Waals surface area contributed by atoms with Gasteiger partial charge in [0.2, 0.25) is 0 Å². The van der Waals surface area contributed by atoms with Crippen molar-refractivity contribution < 1.29 is 4.79 Å². The van der Waals surface area contributed by atoms with Gasteiger partial charge in [-0.15, -0.1) is 0 Å². The lowest BCUT2D eigenvalue weighted by Crippen LogP contribution is -2.24. The summed E-state index contributed by atoms with van der Waals surface area (Å²) in [5, 5.41) is 3.18. The number of aromatic nitrogens is 1. The molecule has 0 saturated heterocycles. The van der Waals surface area contributed by atoms with Crippen LogP contribution in [-0.4, -0.2) is 10.9 Å². The van der Waals surface area contributed by atoms with Gasteiger partial charge in [0.25, 0.3) is 11.5 Å². The zero-order chi connectivity index (χ0) is 14.0. The van der Waals surface area contributed by atoms with Crippen LogP contribution in [0.4, 0.5) is 5.69 Å². The van der Waals surface area contributed by atoms with Crippen LogP contribution in [0.5, 0.6) is 0 Å². The number of carbonyl (C=O) groups excluding carboxylic acids is 1. The number of nitrogens with one attached hydrogen (secondary N) is 2. The minimum absolute atomic E-state index is 0.0403. The molecular weight excluding hydrogens is 287 g/mol. The Bertz CT molecular complexity index is 675. The maximum Gasteiger partial charge on any atom is 0.261 e. The molecule has 19 heavy (non-hydrogen) atoms. The number of aromatic amines is 1. The summed E-state index contributed by atoms with van der Waals surface area (Å²) in [6.07, 6.45) is 1.48. The molecule has 0 aliphatic carbocycles. The first-order valence-electron chi connectivity index (χ1n) is 5.44. The van der Waals surface area contributed by atoms with Crippen molar-refractivity contribution in [3.05, 3.63) is 62.0 Å². The van der Waals surface area contributed by atoms with Gasteiger partial charge in [-0.25, -0.2) is 0 Å². The standard InChI is InChI=1S/C13H10Cl2N2O2/c1-7-5-6-16-12(18)10(7)13(19)17-11-8(14)3-2-4-9(11)15/h2-6H,1H3,(H,16,18)(H,17,19). The van der Waals surface area contributed by atoms with Crippen molar-refractivity contribution in [2.24, 2.45) is 0 Å². The molecule has 0 unspecified atom stereocenters. The average Bonchev–Trinajstić information content (AvgIpc) is 2.34. The number of carbonyl (C=O) groups is 1. The van der Waals surface area contributed by atoms with E-state index in [-0.39, 0.29) is 5.56 Å². The number of benzene rings is 1. The fourth-order valence-electron chi connectivity index (χ4n) is 1.65. The molecule has 2 N–H and O–H groups in total. The molecule has 98 valence electrons. The largest absolute Gasteiger partial charge is 0.328 e. The van der Waals surface area contributed by atoms with Crippen LogP contribution < -0.4 is 10.9 Å². The van der Waals surface area contributed by atoms with Crippen molar-refractivity contribution in [3.8, 4) is 0 Å². The minimum Gasteiger partial charge on any atom is -0.328 e. The number of amides is 1. The van der Waals surface area contributed by atoms with Crippen molar-refractivity contribution in [1.82, 2.24) is 4.98 Å². The summed E-state index contributed by atoms with van der Waals surface area (Å²) in [5.74, 6) is -0.547. The average molecular weight is 297 g/mol. The van der Waals surface area contributed by atoms with Gasteiger partial charge in [0.15, 0.2) is 0 Å². The van der Waals surface area contributed by atoms with E-state index in [1.165, 1.54) is 6.20 Å². The number of rotatable bonds is 2. The fourth-order valence-corrected chi connectivity index (χ4v) is 2.14. The van der Waals surface area contributed by atoms with E-state index < -0.39 is 11.5 Å². The monoisotopic (exact) mass is 296 g/mol. The maximum absolute atomic E-state index is 12.1. The third-order valence-corrected chi connectivity index (χ3v) is 3.23. The van der Waals surface area contributed by atoms with Gasteiger partial charge < -0.3 is 10.3 Å². The third kappa shape index (κ3) is 2.80. The molecule has 0 radical (unpaired) electrons. The highest BCUT2D eigenvalue weighted by molar-refractivity contribution is 6.40. The summed E-state index contributed by atoms with van der Waals surface area (Å²) < 4.78 is 0. The van der Waals surface area contributed by atoms with Gasteiger partial charge in [0, 0.05) is 6.20 Å². The molecule has 0 saturated carbocycles. The summed E-state index contributed by atoms with van der Waals surface area (Å²) in [6.45, 7) is 1.68. The van der Waals surface area contributed by atoms with Gasteiger partial charge in [-0.1, -0.05) is 29.3 Å². The van der Waals surface area contributed by atoms with Gasteiger partial charge >= 0.3 is 0 Å². The van der Waals surface area contributed by atoms with E-state index >= 15 is 0 Å². The molecule has 2 rings (SSSR count). The minimum atomic E-state index is -0.547. The van der Waals surface area contributed by atoms with E-state index in [1.807, 2.05) is 0 Å². The van der Waals surface area contributed by atoms with Gasteiger partial charge in [-0.3, -0.25) is 9.59 Å². The Morgan fingerprint density at radius 3 is 2.42 bits per heavy atom. The highest BCUT2D eigenvalue weighted by Gasteiger charge is 2.16. The first-order valence-corrected chi connectivity index (χ1v) is 6.20. The Morgan fingerprint density at radius 1 is 1.21 bits per heavy atom. The molecule has 0 atom stereocenters. The van der Waals surface area contributed by atoms with E-state index in [9.17, 15) is 9.59 Å². The molecule has 0 fully saturated rings. The second-order valence-electron chi connectivity index (χ2n) is 3.92. The Kier molecular flexibility index (Phi) is 3.93. The van der Waals surface area contributed by atoms with Crippen LogP contribution in [0.1, 0.15) is 15.9 Å². The van der Waals surface area contributed by atoms with E-state index in [0.29, 0.717) is 21.3 Å². The lowest BCUT2D eigenvalue weighted by Gasteiger charge is -2.09. The zero-order valence-corrected chi connectivity index (χ0v) is 11.5. The van der Waals surface area contributed by atoms with Crippen LogP contribution in [0.2, 0.25) is 10.0 Å². The van der Waals surface area contributed by atoms with Crippen LogP contribution in [0, 0.1) is 6.92 Å². The van der Waals surface area contributed by atoms with Crippen molar-refractivity contribution in [1.29, 1.82) is 0 Å². The van der Waals surface area contributed by atoms with Crippen LogP contribution in [0.15, 0.2) is 35.3 Å². The normalized spacial score (nSPS) is 10.3. The molecule has 1 aromatic heterocycles. The number of halogens is 2. The van der Waals surface area contributed by atoms with Gasteiger partial charge in [0.1, 0.15) is 5.56 Å². The number of para-hydroxylation sites is 1. The molecular formula is C13H10Cl2N2O2.